The molecular weight excluding hydrogens is 318 g/mol. The first-order valence-electron chi connectivity index (χ1n) is 6.71. The first-order valence-corrected chi connectivity index (χ1v) is 7.09. The molecule has 8 heteroatoms. The lowest BCUT2D eigenvalue weighted by atomic mass is 10.3. The number of rotatable bonds is 5. The van der Waals surface area contributed by atoms with Crippen LogP contribution in [0.25, 0.3) is 5.82 Å². The lowest BCUT2D eigenvalue weighted by Gasteiger charge is -2.08. The molecule has 0 fully saturated rings. The van der Waals surface area contributed by atoms with Gasteiger partial charge in [-0.05, 0) is 30.3 Å². The van der Waals surface area contributed by atoms with Crippen LogP contribution < -0.4 is 10.1 Å². The minimum absolute atomic E-state index is 0.136. The van der Waals surface area contributed by atoms with E-state index in [-0.39, 0.29) is 12.5 Å². The molecule has 1 N–H and O–H groups in total. The van der Waals surface area contributed by atoms with Gasteiger partial charge in [0, 0.05) is 23.5 Å². The molecule has 0 saturated heterocycles. The number of carbonyl (C=O) groups is 1. The molecular formula is C15H12ClN5O2. The molecule has 0 spiro atoms. The summed E-state index contributed by atoms with van der Waals surface area (Å²) in [5.41, 5.74) is 0. The molecule has 2 aromatic heterocycles. The van der Waals surface area contributed by atoms with Crippen LogP contribution in [0, 0.1) is 0 Å². The second kappa shape index (κ2) is 6.89. The Balaban J connectivity index is 1.59. The number of hydrogen-bond acceptors (Lipinski definition) is 5. The molecule has 1 aromatic carbocycles. The molecule has 1 amide bonds. The van der Waals surface area contributed by atoms with E-state index in [0.717, 1.165) is 0 Å². The van der Waals surface area contributed by atoms with Gasteiger partial charge in [0.05, 0.1) is 0 Å². The number of aromatic nitrogens is 4. The van der Waals surface area contributed by atoms with Crippen LogP contribution in [0.4, 0.5) is 5.82 Å². The Morgan fingerprint density at radius 2 is 2.09 bits per heavy atom. The zero-order valence-corrected chi connectivity index (χ0v) is 12.6. The van der Waals surface area contributed by atoms with Crippen molar-refractivity contribution in [2.75, 3.05) is 11.9 Å². The largest absolute Gasteiger partial charge is 0.484 e. The maximum absolute atomic E-state index is 11.9. The van der Waals surface area contributed by atoms with Gasteiger partial charge in [-0.15, -0.1) is 0 Å². The van der Waals surface area contributed by atoms with Gasteiger partial charge in [0.1, 0.15) is 17.9 Å². The van der Waals surface area contributed by atoms with Gasteiger partial charge in [0.2, 0.25) is 0 Å². The van der Waals surface area contributed by atoms with Gasteiger partial charge in [-0.2, -0.15) is 5.10 Å². The molecule has 0 bridgehead atoms. The van der Waals surface area contributed by atoms with Crippen molar-refractivity contribution in [3.8, 4) is 11.6 Å². The molecule has 7 nitrogen and oxygen atoms in total. The fourth-order valence-electron chi connectivity index (χ4n) is 1.80. The van der Waals surface area contributed by atoms with Gasteiger partial charge in [0.25, 0.3) is 5.91 Å². The molecule has 0 radical (unpaired) electrons. The second-order valence-corrected chi connectivity index (χ2v) is 4.94. The highest BCUT2D eigenvalue weighted by atomic mass is 35.5. The number of hydrogen-bond donors (Lipinski definition) is 1. The van der Waals surface area contributed by atoms with E-state index >= 15 is 0 Å². The summed E-state index contributed by atoms with van der Waals surface area (Å²) in [6.07, 6.45) is 4.74. The highest BCUT2D eigenvalue weighted by Gasteiger charge is 2.07. The number of carbonyl (C=O) groups excluding carboxylic acids is 1. The van der Waals surface area contributed by atoms with Crippen molar-refractivity contribution < 1.29 is 9.53 Å². The van der Waals surface area contributed by atoms with Gasteiger partial charge in [-0.25, -0.2) is 14.6 Å². The van der Waals surface area contributed by atoms with E-state index in [0.29, 0.717) is 22.4 Å². The van der Waals surface area contributed by atoms with Crippen molar-refractivity contribution in [1.29, 1.82) is 0 Å². The quantitative estimate of drug-likeness (QED) is 0.777. The van der Waals surface area contributed by atoms with Crippen molar-refractivity contribution in [2.24, 2.45) is 0 Å². The fourth-order valence-corrected chi connectivity index (χ4v) is 1.93. The highest BCUT2D eigenvalue weighted by molar-refractivity contribution is 6.30. The third-order valence-corrected chi connectivity index (χ3v) is 3.09. The van der Waals surface area contributed by atoms with Crippen LogP contribution in [-0.4, -0.2) is 32.3 Å². The summed E-state index contributed by atoms with van der Waals surface area (Å²) in [7, 11) is 0. The second-order valence-electron chi connectivity index (χ2n) is 4.50. The zero-order chi connectivity index (χ0) is 16.1. The van der Waals surface area contributed by atoms with Crippen LogP contribution >= 0.6 is 11.6 Å². The smallest absolute Gasteiger partial charge is 0.263 e. The van der Waals surface area contributed by atoms with Gasteiger partial charge in [-0.3, -0.25) is 4.79 Å². The Morgan fingerprint density at radius 1 is 1.26 bits per heavy atom. The van der Waals surface area contributed by atoms with Crippen LogP contribution in [0.2, 0.25) is 5.02 Å². The van der Waals surface area contributed by atoms with Gasteiger partial charge >= 0.3 is 0 Å². The fraction of sp³-hybridized carbons (Fsp3) is 0.0667. The molecule has 0 saturated carbocycles. The summed E-state index contributed by atoms with van der Waals surface area (Å²) in [6, 6.07) is 10.2. The molecule has 23 heavy (non-hydrogen) atoms. The standard InChI is InChI=1S/C15H12ClN5O2/c16-11-2-4-12(5-3-11)23-9-15(22)20-13-8-14(18-10-17-13)21-7-1-6-19-21/h1-8,10H,9H2,(H,17,18,20,22). The molecule has 116 valence electrons. The van der Waals surface area contributed by atoms with E-state index in [1.807, 2.05) is 0 Å². The number of amides is 1. The summed E-state index contributed by atoms with van der Waals surface area (Å²) in [6.45, 7) is -0.136. The van der Waals surface area contributed by atoms with Gasteiger partial charge < -0.3 is 10.1 Å². The van der Waals surface area contributed by atoms with E-state index < -0.39 is 0 Å². The van der Waals surface area contributed by atoms with Crippen molar-refractivity contribution in [3.63, 3.8) is 0 Å². The average Bonchev–Trinajstić information content (AvgIpc) is 3.09. The van der Waals surface area contributed by atoms with Crippen LogP contribution in [0.3, 0.4) is 0 Å². The molecule has 0 atom stereocenters. The summed E-state index contributed by atoms with van der Waals surface area (Å²) in [5, 5.41) is 7.32. The SMILES string of the molecule is O=C(COc1ccc(Cl)cc1)Nc1cc(-n2cccn2)ncn1. The zero-order valence-electron chi connectivity index (χ0n) is 11.9. The molecule has 0 aliphatic carbocycles. The van der Waals surface area contributed by atoms with E-state index in [4.69, 9.17) is 16.3 Å². The van der Waals surface area contributed by atoms with Crippen LogP contribution in [0.15, 0.2) is 55.1 Å². The Morgan fingerprint density at radius 3 is 2.83 bits per heavy atom. The van der Waals surface area contributed by atoms with Crippen molar-refractivity contribution >= 4 is 23.3 Å². The van der Waals surface area contributed by atoms with E-state index in [2.05, 4.69) is 20.4 Å². The van der Waals surface area contributed by atoms with E-state index in [1.54, 1.807) is 53.5 Å². The Bertz CT molecular complexity index is 790. The summed E-state index contributed by atoms with van der Waals surface area (Å²) in [5.74, 6) is 1.16. The third-order valence-electron chi connectivity index (χ3n) is 2.84. The number of benzene rings is 1. The number of nitrogens with one attached hydrogen (secondary N) is 1. The predicted molar refractivity (Wildman–Crippen MR) is 84.7 cm³/mol. The number of ether oxygens (including phenoxy) is 1. The normalized spacial score (nSPS) is 10.3. The topological polar surface area (TPSA) is 81.9 Å². The van der Waals surface area contributed by atoms with Crippen molar-refractivity contribution in [2.45, 2.75) is 0 Å². The third kappa shape index (κ3) is 4.04. The lowest BCUT2D eigenvalue weighted by Crippen LogP contribution is -2.21. The average molecular weight is 330 g/mol. The molecule has 0 unspecified atom stereocenters. The van der Waals surface area contributed by atoms with E-state index in [9.17, 15) is 4.79 Å². The van der Waals surface area contributed by atoms with Gasteiger partial charge in [0.15, 0.2) is 12.4 Å². The first kappa shape index (κ1) is 15.0. The van der Waals surface area contributed by atoms with Crippen LogP contribution in [0.5, 0.6) is 5.75 Å². The minimum Gasteiger partial charge on any atom is -0.484 e. The van der Waals surface area contributed by atoms with Crippen molar-refractivity contribution in [1.82, 2.24) is 19.7 Å². The summed E-state index contributed by atoms with van der Waals surface area (Å²) >= 11 is 5.78. The molecule has 0 aliphatic rings. The number of halogens is 1. The molecule has 3 rings (SSSR count). The van der Waals surface area contributed by atoms with E-state index in [1.165, 1.54) is 6.33 Å². The summed E-state index contributed by atoms with van der Waals surface area (Å²) < 4.78 is 6.94. The maximum Gasteiger partial charge on any atom is 0.263 e. The highest BCUT2D eigenvalue weighted by Crippen LogP contribution is 2.15. The first-order chi connectivity index (χ1) is 11.2. The maximum atomic E-state index is 11.9. The minimum atomic E-state index is -0.329. The molecule has 2 heterocycles. The van der Waals surface area contributed by atoms with Crippen LogP contribution in [-0.2, 0) is 4.79 Å². The summed E-state index contributed by atoms with van der Waals surface area (Å²) in [4.78, 5) is 20.0. The lowest BCUT2D eigenvalue weighted by molar-refractivity contribution is -0.118. The Kier molecular flexibility index (Phi) is 4.49. The molecule has 0 aliphatic heterocycles. The Hall–Kier alpha value is -2.93. The number of nitrogens with zero attached hydrogens (tertiary/aromatic N) is 4. The predicted octanol–water partition coefficient (Wildman–Crippen LogP) is 2.33. The Labute approximate surface area is 136 Å². The van der Waals surface area contributed by atoms with Crippen molar-refractivity contribution in [3.05, 3.63) is 60.1 Å². The molecule has 3 aromatic rings. The van der Waals surface area contributed by atoms with Crippen LogP contribution in [0.1, 0.15) is 0 Å². The van der Waals surface area contributed by atoms with Gasteiger partial charge in [-0.1, -0.05) is 11.6 Å². The number of anilines is 1. The monoisotopic (exact) mass is 329 g/mol.